The molecule has 0 amide bonds. The molecule has 5 nitrogen and oxygen atoms in total. The first kappa shape index (κ1) is 9.67. The fraction of sp³-hybridized carbons (Fsp3) is 0.625. The minimum absolute atomic E-state index is 0.252. The van der Waals surface area contributed by atoms with E-state index in [9.17, 15) is 8.42 Å². The summed E-state index contributed by atoms with van der Waals surface area (Å²) in [6.07, 6.45) is 5.36. The molecule has 1 fully saturated rings. The lowest BCUT2D eigenvalue weighted by Crippen LogP contribution is -2.27. The summed E-state index contributed by atoms with van der Waals surface area (Å²) in [6, 6.07) is 0. The maximum Gasteiger partial charge on any atom is 0.212 e. The maximum atomic E-state index is 11.4. The summed E-state index contributed by atoms with van der Waals surface area (Å²) in [7, 11) is -3.10. The molecule has 1 saturated carbocycles. The van der Waals surface area contributed by atoms with Gasteiger partial charge in [-0.15, -0.1) is 0 Å². The van der Waals surface area contributed by atoms with E-state index in [1.54, 1.807) is 12.4 Å². The molecule has 0 atom stereocenters. The lowest BCUT2D eigenvalue weighted by Gasteiger charge is -2.03. The summed E-state index contributed by atoms with van der Waals surface area (Å²) < 4.78 is 25.4. The number of nitrogens with one attached hydrogen (secondary N) is 2. The maximum absolute atomic E-state index is 11.4. The molecule has 2 N–H and O–H groups in total. The minimum atomic E-state index is -3.10. The quantitative estimate of drug-likeness (QED) is 0.738. The Morgan fingerprint density at radius 2 is 2.36 bits per heavy atom. The Labute approximate surface area is 83.0 Å². The highest BCUT2D eigenvalue weighted by Crippen LogP contribution is 2.29. The van der Waals surface area contributed by atoms with E-state index in [2.05, 4.69) is 14.7 Å². The van der Waals surface area contributed by atoms with Crippen LogP contribution in [0.4, 0.5) is 0 Å². The van der Waals surface area contributed by atoms with Gasteiger partial charge in [0.05, 0.1) is 12.3 Å². The topological polar surface area (TPSA) is 74.8 Å². The highest BCUT2D eigenvalue weighted by Gasteiger charge is 2.27. The predicted molar refractivity (Wildman–Crippen MR) is 51.9 cm³/mol. The van der Waals surface area contributed by atoms with Crippen molar-refractivity contribution in [1.82, 2.24) is 14.7 Å². The molecule has 1 aromatic rings. The second-order valence-corrected chi connectivity index (χ2v) is 5.43. The monoisotopic (exact) mass is 215 g/mol. The Morgan fingerprint density at radius 1 is 1.57 bits per heavy atom. The van der Waals surface area contributed by atoms with E-state index in [-0.39, 0.29) is 12.3 Å². The molecule has 78 valence electrons. The largest absolute Gasteiger partial charge is 0.347 e. The van der Waals surface area contributed by atoms with Crippen LogP contribution in [0.2, 0.25) is 0 Å². The average molecular weight is 215 g/mol. The molecule has 0 radical (unpaired) electrons. The average Bonchev–Trinajstić information content (AvgIpc) is 2.78. The molecule has 0 aromatic carbocycles. The van der Waals surface area contributed by atoms with Crippen LogP contribution in [-0.2, 0) is 16.6 Å². The Kier molecular flexibility index (Phi) is 2.56. The van der Waals surface area contributed by atoms with Gasteiger partial charge in [0, 0.05) is 12.4 Å². The van der Waals surface area contributed by atoms with Crippen LogP contribution in [0.1, 0.15) is 18.7 Å². The fourth-order valence-electron chi connectivity index (χ4n) is 1.23. The fourth-order valence-corrected chi connectivity index (χ4v) is 2.66. The van der Waals surface area contributed by atoms with Gasteiger partial charge in [-0.2, -0.15) is 0 Å². The zero-order chi connectivity index (χ0) is 10.0. The molecule has 6 heteroatoms. The molecule has 1 aliphatic rings. The van der Waals surface area contributed by atoms with Gasteiger partial charge in [-0.1, -0.05) is 0 Å². The molecular formula is C8H13N3O2S. The van der Waals surface area contributed by atoms with Crippen molar-refractivity contribution in [3.05, 3.63) is 18.2 Å². The smallest absolute Gasteiger partial charge is 0.212 e. The van der Waals surface area contributed by atoms with E-state index in [0.29, 0.717) is 11.7 Å². The summed E-state index contributed by atoms with van der Waals surface area (Å²) in [6.45, 7) is 0.252. The van der Waals surface area contributed by atoms with Crippen LogP contribution < -0.4 is 4.72 Å². The third-order valence-electron chi connectivity index (χ3n) is 2.17. The predicted octanol–water partition coefficient (Wildman–Crippen LogP) is 0.239. The number of hydrogen-bond donors (Lipinski definition) is 2. The molecule has 0 spiro atoms. The molecule has 1 aliphatic carbocycles. The van der Waals surface area contributed by atoms with Crippen LogP contribution in [0.5, 0.6) is 0 Å². The van der Waals surface area contributed by atoms with Crippen molar-refractivity contribution in [3.8, 4) is 0 Å². The molecule has 1 heterocycles. The van der Waals surface area contributed by atoms with Gasteiger partial charge >= 0.3 is 0 Å². The zero-order valence-electron chi connectivity index (χ0n) is 7.73. The van der Waals surface area contributed by atoms with Crippen molar-refractivity contribution in [3.63, 3.8) is 0 Å². The second kappa shape index (κ2) is 3.70. The van der Waals surface area contributed by atoms with E-state index < -0.39 is 10.0 Å². The van der Waals surface area contributed by atoms with E-state index >= 15 is 0 Å². The van der Waals surface area contributed by atoms with Crippen molar-refractivity contribution >= 4 is 10.0 Å². The van der Waals surface area contributed by atoms with Gasteiger partial charge in [0.15, 0.2) is 0 Å². The van der Waals surface area contributed by atoms with Crippen LogP contribution in [0, 0.1) is 5.92 Å². The van der Waals surface area contributed by atoms with Crippen LogP contribution in [0.3, 0.4) is 0 Å². The number of rotatable bonds is 5. The van der Waals surface area contributed by atoms with E-state index in [0.717, 1.165) is 12.8 Å². The summed E-state index contributed by atoms with van der Waals surface area (Å²) in [5, 5.41) is 0. The first-order valence-corrected chi connectivity index (χ1v) is 6.26. The molecule has 0 bridgehead atoms. The van der Waals surface area contributed by atoms with Crippen LogP contribution in [0.25, 0.3) is 0 Å². The molecular weight excluding hydrogens is 202 g/mol. The summed E-state index contributed by atoms with van der Waals surface area (Å²) in [4.78, 5) is 6.77. The zero-order valence-corrected chi connectivity index (χ0v) is 8.55. The number of nitrogens with zero attached hydrogens (tertiary/aromatic N) is 1. The number of sulfonamides is 1. The van der Waals surface area contributed by atoms with Gasteiger partial charge < -0.3 is 4.98 Å². The molecule has 14 heavy (non-hydrogen) atoms. The Balaban J connectivity index is 1.84. The van der Waals surface area contributed by atoms with Crippen LogP contribution >= 0.6 is 0 Å². The Bertz CT molecular complexity index is 381. The van der Waals surface area contributed by atoms with E-state index in [1.807, 2.05) is 0 Å². The number of hydrogen-bond acceptors (Lipinski definition) is 3. The molecule has 1 aromatic heterocycles. The highest BCUT2D eigenvalue weighted by atomic mass is 32.2. The Morgan fingerprint density at radius 3 is 2.93 bits per heavy atom. The van der Waals surface area contributed by atoms with Gasteiger partial charge in [-0.25, -0.2) is 18.1 Å². The normalized spacial score (nSPS) is 17.1. The first-order valence-electron chi connectivity index (χ1n) is 4.61. The first-order chi connectivity index (χ1) is 6.66. The summed E-state index contributed by atoms with van der Waals surface area (Å²) >= 11 is 0. The molecule has 0 saturated heterocycles. The van der Waals surface area contributed by atoms with Crippen LogP contribution in [0.15, 0.2) is 12.4 Å². The number of H-pyrrole nitrogens is 1. The van der Waals surface area contributed by atoms with E-state index in [1.165, 1.54) is 0 Å². The van der Waals surface area contributed by atoms with Gasteiger partial charge in [0.25, 0.3) is 0 Å². The third kappa shape index (κ3) is 2.81. The van der Waals surface area contributed by atoms with Gasteiger partial charge in [0.2, 0.25) is 10.0 Å². The third-order valence-corrected chi connectivity index (χ3v) is 3.66. The summed E-state index contributed by atoms with van der Waals surface area (Å²) in [5.41, 5.74) is 0. The standard InChI is InChI=1S/C8H13N3O2S/c12-14(13,6-7-1-2-7)11-5-8-9-3-4-10-8/h3-4,7,11H,1-2,5-6H2,(H,9,10). The van der Waals surface area contributed by atoms with Gasteiger partial charge in [0.1, 0.15) is 5.82 Å². The van der Waals surface area contributed by atoms with Crippen molar-refractivity contribution in [1.29, 1.82) is 0 Å². The second-order valence-electron chi connectivity index (χ2n) is 3.58. The van der Waals surface area contributed by atoms with Crippen molar-refractivity contribution in [2.75, 3.05) is 5.75 Å². The van der Waals surface area contributed by atoms with Crippen LogP contribution in [-0.4, -0.2) is 24.1 Å². The lowest BCUT2D eigenvalue weighted by molar-refractivity contribution is 0.576. The van der Waals surface area contributed by atoms with Crippen molar-refractivity contribution in [2.24, 2.45) is 5.92 Å². The number of aromatic amines is 1. The molecule has 0 aliphatic heterocycles. The Hall–Kier alpha value is -0.880. The number of imidazole rings is 1. The molecule has 2 rings (SSSR count). The van der Waals surface area contributed by atoms with Gasteiger partial charge in [-0.3, -0.25) is 0 Å². The van der Waals surface area contributed by atoms with E-state index in [4.69, 9.17) is 0 Å². The SMILES string of the molecule is O=S(=O)(CC1CC1)NCc1ncc[nH]1. The summed E-state index contributed by atoms with van der Waals surface area (Å²) in [5.74, 6) is 1.28. The number of aromatic nitrogens is 2. The lowest BCUT2D eigenvalue weighted by atomic mass is 10.5. The van der Waals surface area contributed by atoms with Crippen molar-refractivity contribution < 1.29 is 8.42 Å². The minimum Gasteiger partial charge on any atom is -0.347 e. The highest BCUT2D eigenvalue weighted by molar-refractivity contribution is 7.89. The van der Waals surface area contributed by atoms with Gasteiger partial charge in [-0.05, 0) is 18.8 Å². The van der Waals surface area contributed by atoms with Crippen molar-refractivity contribution in [2.45, 2.75) is 19.4 Å². The molecule has 0 unspecified atom stereocenters.